The molecule has 8 nitrogen and oxygen atoms in total. The molecule has 0 aromatic heterocycles. The first kappa shape index (κ1) is 18.2. The predicted octanol–water partition coefficient (Wildman–Crippen LogP) is -0.356. The minimum atomic E-state index is -1.18. The zero-order chi connectivity index (χ0) is 15.5. The van der Waals surface area contributed by atoms with Gasteiger partial charge in [0.25, 0.3) is 0 Å². The lowest BCUT2D eigenvalue weighted by Crippen LogP contribution is -2.47. The van der Waals surface area contributed by atoms with Gasteiger partial charge in [-0.25, -0.2) is 9.59 Å². The molecule has 0 fully saturated rings. The van der Waals surface area contributed by atoms with Crippen LogP contribution < -0.4 is 10.6 Å². The third kappa shape index (κ3) is 7.57. The molecule has 3 N–H and O–H groups in total. The van der Waals surface area contributed by atoms with Gasteiger partial charge in [-0.3, -0.25) is 4.79 Å². The number of hydrogen-bond acceptors (Lipinski definition) is 5. The van der Waals surface area contributed by atoms with Crippen LogP contribution in [0.3, 0.4) is 0 Å². The first-order chi connectivity index (χ1) is 9.42. The van der Waals surface area contributed by atoms with Gasteiger partial charge in [-0.2, -0.15) is 0 Å². The van der Waals surface area contributed by atoms with Crippen LogP contribution in [0.4, 0.5) is 4.79 Å². The number of ether oxygens (including phenoxy) is 1. The molecule has 0 aliphatic carbocycles. The number of hydrogen-bond donors (Lipinski definition) is 3. The molecule has 1 atom stereocenters. The Balaban J connectivity index is 4.25. The van der Waals surface area contributed by atoms with Crippen LogP contribution in [0.25, 0.3) is 0 Å². The van der Waals surface area contributed by atoms with Gasteiger partial charge in [-0.05, 0) is 26.4 Å². The standard InChI is InChI=1S/C12H23N3O5/c1-13-7-4-8-15(2)12(19)14-9(11(17)18)5-6-10(16)20-3/h9,13H,4-8H2,1-3H3,(H,14,19)(H,17,18)/t9-/m0/s1. The number of aliphatic carboxylic acids is 1. The maximum atomic E-state index is 11.8. The molecule has 0 bridgehead atoms. The highest BCUT2D eigenvalue weighted by atomic mass is 16.5. The van der Waals surface area contributed by atoms with Gasteiger partial charge in [0.15, 0.2) is 0 Å². The molecule has 0 radical (unpaired) electrons. The number of carbonyl (C=O) groups excluding carboxylic acids is 2. The number of esters is 1. The van der Waals surface area contributed by atoms with Gasteiger partial charge in [0.05, 0.1) is 7.11 Å². The van der Waals surface area contributed by atoms with Crippen LogP contribution in [0.5, 0.6) is 0 Å². The number of urea groups is 1. The van der Waals surface area contributed by atoms with Crippen molar-refractivity contribution in [3.8, 4) is 0 Å². The van der Waals surface area contributed by atoms with E-state index in [9.17, 15) is 14.4 Å². The summed E-state index contributed by atoms with van der Waals surface area (Å²) in [6.07, 6.45) is 0.704. The molecular formula is C12H23N3O5. The summed E-state index contributed by atoms with van der Waals surface area (Å²) < 4.78 is 4.44. The fourth-order valence-electron chi connectivity index (χ4n) is 1.48. The first-order valence-electron chi connectivity index (χ1n) is 6.38. The molecule has 2 amide bonds. The molecule has 0 aromatic carbocycles. The Kier molecular flexibility index (Phi) is 9.10. The van der Waals surface area contributed by atoms with E-state index in [-0.39, 0.29) is 12.8 Å². The second-order valence-electron chi connectivity index (χ2n) is 4.33. The Bertz CT molecular complexity index is 335. The molecule has 0 heterocycles. The van der Waals surface area contributed by atoms with Crippen molar-refractivity contribution in [2.45, 2.75) is 25.3 Å². The predicted molar refractivity (Wildman–Crippen MR) is 72.4 cm³/mol. The number of nitrogens with zero attached hydrogens (tertiary/aromatic N) is 1. The molecule has 8 heteroatoms. The quantitative estimate of drug-likeness (QED) is 0.395. The van der Waals surface area contributed by atoms with Crippen molar-refractivity contribution in [3.63, 3.8) is 0 Å². The fourth-order valence-corrected chi connectivity index (χ4v) is 1.48. The number of nitrogens with one attached hydrogen (secondary N) is 2. The molecule has 0 saturated heterocycles. The highest BCUT2D eigenvalue weighted by Gasteiger charge is 2.22. The van der Waals surface area contributed by atoms with Crippen LogP contribution in [0.1, 0.15) is 19.3 Å². The second-order valence-corrected chi connectivity index (χ2v) is 4.33. The van der Waals surface area contributed by atoms with Gasteiger partial charge in [-0.1, -0.05) is 0 Å². The third-order valence-electron chi connectivity index (χ3n) is 2.73. The summed E-state index contributed by atoms with van der Waals surface area (Å²) in [5.74, 6) is -1.68. The number of amides is 2. The largest absolute Gasteiger partial charge is 0.480 e. The number of carboxylic acid groups (broad SMARTS) is 1. The summed E-state index contributed by atoms with van der Waals surface area (Å²) in [5, 5.41) is 14.3. The Morgan fingerprint density at radius 2 is 2.00 bits per heavy atom. The zero-order valence-corrected chi connectivity index (χ0v) is 12.1. The van der Waals surface area contributed by atoms with E-state index in [2.05, 4.69) is 15.4 Å². The van der Waals surface area contributed by atoms with Gasteiger partial charge in [-0.15, -0.1) is 0 Å². The molecule has 0 saturated carbocycles. The minimum absolute atomic E-state index is 0.00188. The third-order valence-corrected chi connectivity index (χ3v) is 2.73. The van der Waals surface area contributed by atoms with Gasteiger partial charge in [0.1, 0.15) is 6.04 Å². The summed E-state index contributed by atoms with van der Waals surface area (Å²) >= 11 is 0. The molecule has 0 rings (SSSR count). The molecule has 0 aliphatic rings. The summed E-state index contributed by atoms with van der Waals surface area (Å²) in [7, 11) is 4.63. The molecule has 0 aromatic rings. The summed E-state index contributed by atoms with van der Waals surface area (Å²) in [6.45, 7) is 1.28. The summed E-state index contributed by atoms with van der Waals surface area (Å²) in [6, 6.07) is -1.58. The van der Waals surface area contributed by atoms with Crippen LogP contribution in [0.15, 0.2) is 0 Å². The zero-order valence-electron chi connectivity index (χ0n) is 12.1. The molecule has 20 heavy (non-hydrogen) atoms. The lowest BCUT2D eigenvalue weighted by atomic mass is 10.1. The summed E-state index contributed by atoms with van der Waals surface area (Å²) in [5.41, 5.74) is 0. The van der Waals surface area contributed by atoms with E-state index in [1.165, 1.54) is 12.0 Å². The lowest BCUT2D eigenvalue weighted by molar-refractivity contribution is -0.142. The van der Waals surface area contributed by atoms with Crippen molar-refractivity contribution < 1.29 is 24.2 Å². The monoisotopic (exact) mass is 289 g/mol. The van der Waals surface area contributed by atoms with Crippen molar-refractivity contribution in [1.82, 2.24) is 15.5 Å². The van der Waals surface area contributed by atoms with Gasteiger partial charge >= 0.3 is 18.0 Å². The van der Waals surface area contributed by atoms with E-state index in [0.29, 0.717) is 6.54 Å². The van der Waals surface area contributed by atoms with Gasteiger partial charge in [0, 0.05) is 20.0 Å². The topological polar surface area (TPSA) is 108 Å². The van der Waals surface area contributed by atoms with E-state index >= 15 is 0 Å². The van der Waals surface area contributed by atoms with E-state index in [4.69, 9.17) is 5.11 Å². The number of carboxylic acids is 1. The minimum Gasteiger partial charge on any atom is -0.480 e. The van der Waals surface area contributed by atoms with E-state index in [1.807, 2.05) is 7.05 Å². The van der Waals surface area contributed by atoms with Crippen molar-refractivity contribution in [1.29, 1.82) is 0 Å². The highest BCUT2D eigenvalue weighted by Crippen LogP contribution is 2.01. The number of rotatable bonds is 9. The Hall–Kier alpha value is -1.83. The molecule has 0 spiro atoms. The second kappa shape index (κ2) is 10.0. The maximum Gasteiger partial charge on any atom is 0.326 e. The summed E-state index contributed by atoms with van der Waals surface area (Å²) in [4.78, 5) is 35.2. The van der Waals surface area contributed by atoms with E-state index in [1.54, 1.807) is 7.05 Å². The fraction of sp³-hybridized carbons (Fsp3) is 0.750. The maximum absolute atomic E-state index is 11.8. The van der Waals surface area contributed by atoms with E-state index in [0.717, 1.165) is 13.0 Å². The Morgan fingerprint density at radius 3 is 2.50 bits per heavy atom. The lowest BCUT2D eigenvalue weighted by Gasteiger charge is -2.21. The van der Waals surface area contributed by atoms with Crippen molar-refractivity contribution >= 4 is 18.0 Å². The van der Waals surface area contributed by atoms with Crippen molar-refractivity contribution in [2.75, 3.05) is 34.3 Å². The molecule has 116 valence electrons. The van der Waals surface area contributed by atoms with Crippen LogP contribution >= 0.6 is 0 Å². The van der Waals surface area contributed by atoms with Crippen LogP contribution in [-0.2, 0) is 14.3 Å². The average molecular weight is 289 g/mol. The highest BCUT2D eigenvalue weighted by molar-refractivity contribution is 5.83. The van der Waals surface area contributed by atoms with E-state index < -0.39 is 24.0 Å². The molecule has 0 aliphatic heterocycles. The van der Waals surface area contributed by atoms with Crippen LogP contribution in [0, 0.1) is 0 Å². The SMILES string of the molecule is CNCCCN(C)C(=O)N[C@@H](CCC(=O)OC)C(=O)O. The van der Waals surface area contributed by atoms with Crippen molar-refractivity contribution in [3.05, 3.63) is 0 Å². The molecule has 0 unspecified atom stereocenters. The number of methoxy groups -OCH3 is 1. The van der Waals surface area contributed by atoms with Crippen molar-refractivity contribution in [2.24, 2.45) is 0 Å². The smallest absolute Gasteiger partial charge is 0.326 e. The normalized spacial score (nSPS) is 11.6. The Labute approximate surface area is 118 Å². The Morgan fingerprint density at radius 1 is 1.35 bits per heavy atom. The van der Waals surface area contributed by atoms with Crippen LogP contribution in [0.2, 0.25) is 0 Å². The average Bonchev–Trinajstić information content (AvgIpc) is 2.42. The molecular weight excluding hydrogens is 266 g/mol. The van der Waals surface area contributed by atoms with Gasteiger partial charge < -0.3 is 25.4 Å². The number of carbonyl (C=O) groups is 3. The van der Waals surface area contributed by atoms with Crippen LogP contribution in [-0.4, -0.2) is 68.3 Å². The first-order valence-corrected chi connectivity index (χ1v) is 6.38. The van der Waals surface area contributed by atoms with Gasteiger partial charge in [0.2, 0.25) is 0 Å².